The van der Waals surface area contributed by atoms with Gasteiger partial charge in [-0.05, 0) is 32.4 Å². The number of likely N-dealkylation sites (N-methyl/N-ethyl adjacent to an activating group) is 1. The molecule has 2 amide bonds. The molecule has 1 fully saturated rings. The SMILES string of the molecule is CC(=O)N(C)CC(C)c1ccccc1F.CC(C)(C)OC(=O)N1CCNCC1. The molecule has 1 atom stereocenters. The van der Waals surface area contributed by atoms with Crippen molar-refractivity contribution in [1.29, 1.82) is 0 Å². The Morgan fingerprint density at radius 3 is 2.32 bits per heavy atom. The maximum atomic E-state index is 13.4. The van der Waals surface area contributed by atoms with E-state index in [0.29, 0.717) is 12.1 Å². The second-order valence-corrected chi connectivity index (χ2v) is 8.04. The Hall–Kier alpha value is -2.15. The van der Waals surface area contributed by atoms with Gasteiger partial charge < -0.3 is 19.9 Å². The third-order valence-electron chi connectivity index (χ3n) is 4.29. The smallest absolute Gasteiger partial charge is 0.410 e. The molecule has 0 saturated carbocycles. The monoisotopic (exact) mass is 395 g/mol. The first-order valence-corrected chi connectivity index (χ1v) is 9.66. The quantitative estimate of drug-likeness (QED) is 0.854. The summed E-state index contributed by atoms with van der Waals surface area (Å²) in [6.07, 6.45) is -0.200. The first-order chi connectivity index (χ1) is 13.0. The van der Waals surface area contributed by atoms with Crippen LogP contribution >= 0.6 is 0 Å². The van der Waals surface area contributed by atoms with Crippen LogP contribution in [0.15, 0.2) is 24.3 Å². The van der Waals surface area contributed by atoms with Crippen LogP contribution in [0.2, 0.25) is 0 Å². The molecular weight excluding hydrogens is 361 g/mol. The van der Waals surface area contributed by atoms with Crippen molar-refractivity contribution in [2.75, 3.05) is 39.8 Å². The van der Waals surface area contributed by atoms with Gasteiger partial charge in [-0.15, -0.1) is 0 Å². The van der Waals surface area contributed by atoms with E-state index in [2.05, 4.69) is 5.32 Å². The van der Waals surface area contributed by atoms with Crippen molar-refractivity contribution in [1.82, 2.24) is 15.1 Å². The van der Waals surface area contributed by atoms with Crippen molar-refractivity contribution in [2.24, 2.45) is 0 Å². The van der Waals surface area contributed by atoms with Gasteiger partial charge in [0.05, 0.1) is 0 Å². The fourth-order valence-corrected chi connectivity index (χ4v) is 2.69. The number of carbonyl (C=O) groups is 2. The zero-order valence-electron chi connectivity index (χ0n) is 17.9. The summed E-state index contributed by atoms with van der Waals surface area (Å²) < 4.78 is 18.6. The third kappa shape index (κ3) is 8.69. The minimum absolute atomic E-state index is 0.00168. The normalized spacial score (nSPS) is 15.2. The van der Waals surface area contributed by atoms with Crippen LogP contribution in [-0.4, -0.2) is 67.2 Å². The van der Waals surface area contributed by atoms with Crippen LogP contribution in [0.3, 0.4) is 0 Å². The summed E-state index contributed by atoms with van der Waals surface area (Å²) in [7, 11) is 1.72. The fraction of sp³-hybridized carbons (Fsp3) is 0.619. The van der Waals surface area contributed by atoms with Crippen molar-refractivity contribution in [3.63, 3.8) is 0 Å². The molecule has 7 heteroatoms. The van der Waals surface area contributed by atoms with Crippen molar-refractivity contribution >= 4 is 12.0 Å². The van der Waals surface area contributed by atoms with Gasteiger partial charge in [-0.2, -0.15) is 0 Å². The highest BCUT2D eigenvalue weighted by molar-refractivity contribution is 5.72. The molecule has 28 heavy (non-hydrogen) atoms. The molecular formula is C21H34FN3O3. The molecule has 0 bridgehead atoms. The number of benzene rings is 1. The molecule has 1 aliphatic heterocycles. The zero-order valence-corrected chi connectivity index (χ0v) is 17.9. The largest absolute Gasteiger partial charge is 0.444 e. The third-order valence-corrected chi connectivity index (χ3v) is 4.29. The highest BCUT2D eigenvalue weighted by atomic mass is 19.1. The van der Waals surface area contributed by atoms with Gasteiger partial charge in [-0.3, -0.25) is 4.79 Å². The van der Waals surface area contributed by atoms with E-state index in [0.717, 1.165) is 26.2 Å². The van der Waals surface area contributed by atoms with Gasteiger partial charge in [0.2, 0.25) is 5.91 Å². The topological polar surface area (TPSA) is 61.9 Å². The van der Waals surface area contributed by atoms with Crippen LogP contribution in [0.5, 0.6) is 0 Å². The van der Waals surface area contributed by atoms with Crippen LogP contribution in [0, 0.1) is 5.82 Å². The van der Waals surface area contributed by atoms with E-state index in [1.807, 2.05) is 33.8 Å². The molecule has 1 N–H and O–H groups in total. The molecule has 1 aromatic rings. The van der Waals surface area contributed by atoms with E-state index >= 15 is 0 Å². The van der Waals surface area contributed by atoms with Gasteiger partial charge in [0.1, 0.15) is 11.4 Å². The summed E-state index contributed by atoms with van der Waals surface area (Å²) in [6, 6.07) is 6.68. The maximum absolute atomic E-state index is 13.4. The van der Waals surface area contributed by atoms with Crippen molar-refractivity contribution in [3.05, 3.63) is 35.6 Å². The van der Waals surface area contributed by atoms with Gasteiger partial charge in [0.15, 0.2) is 0 Å². The van der Waals surface area contributed by atoms with Crippen LogP contribution in [0.1, 0.15) is 46.1 Å². The van der Waals surface area contributed by atoms with E-state index in [1.165, 1.54) is 13.0 Å². The van der Waals surface area contributed by atoms with Gasteiger partial charge in [0.25, 0.3) is 0 Å². The summed E-state index contributed by atoms with van der Waals surface area (Å²) in [5.74, 6) is -0.194. The Labute approximate surface area is 168 Å². The lowest BCUT2D eigenvalue weighted by atomic mass is 10.0. The maximum Gasteiger partial charge on any atom is 0.410 e. The summed E-state index contributed by atoms with van der Waals surface area (Å²) in [4.78, 5) is 25.8. The first-order valence-electron chi connectivity index (χ1n) is 9.66. The summed E-state index contributed by atoms with van der Waals surface area (Å²) in [6.45, 7) is 12.8. The number of ether oxygens (including phenoxy) is 1. The molecule has 0 aliphatic carbocycles. The number of hydrogen-bond donors (Lipinski definition) is 1. The number of nitrogens with one attached hydrogen (secondary N) is 1. The number of rotatable bonds is 3. The predicted molar refractivity (Wildman–Crippen MR) is 109 cm³/mol. The van der Waals surface area contributed by atoms with Crippen LogP contribution in [0.25, 0.3) is 0 Å². The van der Waals surface area contributed by atoms with Crippen LogP contribution in [-0.2, 0) is 9.53 Å². The van der Waals surface area contributed by atoms with E-state index in [4.69, 9.17) is 4.74 Å². The van der Waals surface area contributed by atoms with Crippen molar-refractivity contribution in [3.8, 4) is 0 Å². The summed E-state index contributed by atoms with van der Waals surface area (Å²) in [5, 5.41) is 3.18. The average molecular weight is 396 g/mol. The fourth-order valence-electron chi connectivity index (χ4n) is 2.69. The number of piperazine rings is 1. The number of halogens is 1. The zero-order chi connectivity index (χ0) is 21.3. The molecule has 0 aromatic heterocycles. The molecule has 6 nitrogen and oxygen atoms in total. The average Bonchev–Trinajstić information content (AvgIpc) is 2.61. The molecule has 2 rings (SSSR count). The summed E-state index contributed by atoms with van der Waals surface area (Å²) >= 11 is 0. The lowest BCUT2D eigenvalue weighted by molar-refractivity contribution is -0.127. The molecule has 1 unspecified atom stereocenters. The number of nitrogens with zero attached hydrogens (tertiary/aromatic N) is 2. The number of amides is 2. The number of carbonyl (C=O) groups excluding carboxylic acids is 2. The Morgan fingerprint density at radius 1 is 1.25 bits per heavy atom. The van der Waals surface area contributed by atoms with Gasteiger partial charge in [-0.25, -0.2) is 9.18 Å². The molecule has 0 spiro atoms. The molecule has 1 aliphatic rings. The second-order valence-electron chi connectivity index (χ2n) is 8.04. The Kier molecular flexibility index (Phi) is 9.38. The molecule has 1 heterocycles. The Morgan fingerprint density at radius 2 is 1.82 bits per heavy atom. The Bertz CT molecular complexity index is 640. The summed E-state index contributed by atoms with van der Waals surface area (Å²) in [5.41, 5.74) is 0.271. The first kappa shape index (κ1) is 23.9. The second kappa shape index (κ2) is 11.0. The van der Waals surface area contributed by atoms with Crippen LogP contribution in [0.4, 0.5) is 9.18 Å². The highest BCUT2D eigenvalue weighted by Gasteiger charge is 2.22. The molecule has 0 radical (unpaired) electrons. The minimum atomic E-state index is -0.387. The van der Waals surface area contributed by atoms with E-state index in [-0.39, 0.29) is 29.3 Å². The minimum Gasteiger partial charge on any atom is -0.444 e. The van der Waals surface area contributed by atoms with Gasteiger partial charge in [-0.1, -0.05) is 25.1 Å². The van der Waals surface area contributed by atoms with Crippen molar-refractivity contribution in [2.45, 2.75) is 46.1 Å². The Balaban J connectivity index is 0.000000283. The molecule has 158 valence electrons. The predicted octanol–water partition coefficient (Wildman–Crippen LogP) is 3.23. The lowest BCUT2D eigenvalue weighted by Gasteiger charge is -2.30. The van der Waals surface area contributed by atoms with Crippen molar-refractivity contribution < 1.29 is 18.7 Å². The molecule has 1 aromatic carbocycles. The van der Waals surface area contributed by atoms with E-state index in [1.54, 1.807) is 29.0 Å². The van der Waals surface area contributed by atoms with Gasteiger partial charge in [0, 0.05) is 52.6 Å². The van der Waals surface area contributed by atoms with E-state index in [9.17, 15) is 14.0 Å². The van der Waals surface area contributed by atoms with Gasteiger partial charge >= 0.3 is 6.09 Å². The standard InChI is InChI=1S/C12H16FNO.C9H18N2O2/c1-9(8-14(3)10(2)15)11-6-4-5-7-12(11)13;1-9(2,3)13-8(12)11-6-4-10-5-7-11/h4-7,9H,8H2,1-3H3;10H,4-7H2,1-3H3. The van der Waals surface area contributed by atoms with E-state index < -0.39 is 0 Å². The highest BCUT2D eigenvalue weighted by Crippen LogP contribution is 2.19. The van der Waals surface area contributed by atoms with Crippen LogP contribution < -0.4 is 5.32 Å². The lowest BCUT2D eigenvalue weighted by Crippen LogP contribution is -2.48. The number of hydrogen-bond acceptors (Lipinski definition) is 4. The molecule has 1 saturated heterocycles.